The second-order valence-corrected chi connectivity index (χ2v) is 3.44. The smallest absolute Gasteiger partial charge is 0.0950 e. The topological polar surface area (TPSA) is 17.8 Å². The Morgan fingerprint density at radius 2 is 2.27 bits per heavy atom. The quantitative estimate of drug-likeness (QED) is 0.687. The van der Waals surface area contributed by atoms with E-state index in [4.69, 9.17) is 0 Å². The van der Waals surface area contributed by atoms with Crippen molar-refractivity contribution in [1.29, 1.82) is 0 Å². The zero-order chi connectivity index (χ0) is 7.84. The maximum atomic E-state index is 4.15. The van der Waals surface area contributed by atoms with Gasteiger partial charge in [0.2, 0.25) is 0 Å². The van der Waals surface area contributed by atoms with Gasteiger partial charge in [0.15, 0.2) is 0 Å². The Balaban J connectivity index is 2.96. The molecular weight excluding hydrogens is 224 g/mol. The lowest BCUT2D eigenvalue weighted by atomic mass is 10.3. The van der Waals surface area contributed by atoms with Crippen LogP contribution < -0.4 is 0 Å². The summed E-state index contributed by atoms with van der Waals surface area (Å²) in [7, 11) is 0. The number of para-hydroxylation sites is 1. The molecule has 0 atom stereocenters. The van der Waals surface area contributed by atoms with Gasteiger partial charge in [0, 0.05) is 9.86 Å². The van der Waals surface area contributed by atoms with Gasteiger partial charge in [-0.1, -0.05) is 12.1 Å². The molecule has 1 aromatic carbocycles. The first-order chi connectivity index (χ1) is 5.29. The second-order valence-electron chi connectivity index (χ2n) is 2.21. The van der Waals surface area contributed by atoms with E-state index in [1.165, 1.54) is 0 Å². The standard InChI is InChI=1S/C7H5BrN2S/c8-6-3-1-2-5-4-9-10(11)7(5)6/h1-4,11H. The number of aromatic nitrogens is 2. The molecule has 0 aliphatic heterocycles. The van der Waals surface area contributed by atoms with Gasteiger partial charge in [0.25, 0.3) is 0 Å². The predicted octanol–water partition coefficient (Wildman–Crippen LogP) is 2.49. The second kappa shape index (κ2) is 2.53. The minimum atomic E-state index is 1.01. The summed E-state index contributed by atoms with van der Waals surface area (Å²) in [6.07, 6.45) is 1.78. The summed E-state index contributed by atoms with van der Waals surface area (Å²) >= 11 is 7.56. The van der Waals surface area contributed by atoms with Gasteiger partial charge in [-0.15, -0.1) is 0 Å². The lowest BCUT2D eigenvalue weighted by Gasteiger charge is -1.94. The number of thiol groups is 1. The molecule has 1 heterocycles. The molecule has 2 aromatic rings. The van der Waals surface area contributed by atoms with Gasteiger partial charge in [-0.05, 0) is 34.8 Å². The minimum absolute atomic E-state index is 1.01. The number of benzene rings is 1. The molecule has 0 aliphatic carbocycles. The highest BCUT2D eigenvalue weighted by molar-refractivity contribution is 9.10. The van der Waals surface area contributed by atoms with Crippen LogP contribution in [0.3, 0.4) is 0 Å². The molecule has 2 nitrogen and oxygen atoms in total. The molecule has 0 fully saturated rings. The molecule has 0 saturated carbocycles. The Labute approximate surface area is 77.9 Å². The van der Waals surface area contributed by atoms with Crippen LogP contribution >= 0.6 is 28.7 Å². The fraction of sp³-hybridized carbons (Fsp3) is 0. The van der Waals surface area contributed by atoms with Crippen LogP contribution in [0, 0.1) is 0 Å². The lowest BCUT2D eigenvalue weighted by Crippen LogP contribution is -1.81. The van der Waals surface area contributed by atoms with Crippen LogP contribution in [0.2, 0.25) is 0 Å². The number of rotatable bonds is 0. The van der Waals surface area contributed by atoms with Crippen LogP contribution in [-0.2, 0) is 0 Å². The number of hydrogen-bond acceptors (Lipinski definition) is 2. The van der Waals surface area contributed by atoms with E-state index in [1.54, 1.807) is 10.3 Å². The van der Waals surface area contributed by atoms with E-state index < -0.39 is 0 Å². The average Bonchev–Trinajstić information content (AvgIpc) is 2.34. The summed E-state index contributed by atoms with van der Waals surface area (Å²) < 4.78 is 2.57. The van der Waals surface area contributed by atoms with Gasteiger partial charge in [0.1, 0.15) is 0 Å². The highest BCUT2D eigenvalue weighted by Crippen LogP contribution is 2.23. The van der Waals surface area contributed by atoms with E-state index in [-0.39, 0.29) is 0 Å². The maximum absolute atomic E-state index is 4.15. The summed E-state index contributed by atoms with van der Waals surface area (Å²) in [6, 6.07) is 5.94. The van der Waals surface area contributed by atoms with E-state index in [0.29, 0.717) is 0 Å². The summed E-state index contributed by atoms with van der Waals surface area (Å²) in [5.74, 6) is 0. The molecular formula is C7H5BrN2S. The SMILES string of the molecule is Sn1ncc2cccc(Br)c21. The Hall–Kier alpha value is -0.480. The molecule has 0 aliphatic rings. The fourth-order valence-electron chi connectivity index (χ4n) is 1.02. The molecule has 0 amide bonds. The number of halogens is 1. The Morgan fingerprint density at radius 1 is 1.45 bits per heavy atom. The molecule has 0 saturated heterocycles. The summed E-state index contributed by atoms with van der Waals surface area (Å²) in [5.41, 5.74) is 1.01. The van der Waals surface area contributed by atoms with E-state index in [2.05, 4.69) is 33.8 Å². The molecule has 0 radical (unpaired) electrons. The fourth-order valence-corrected chi connectivity index (χ4v) is 1.98. The van der Waals surface area contributed by atoms with Crippen molar-refractivity contribution in [2.45, 2.75) is 0 Å². The lowest BCUT2D eigenvalue weighted by molar-refractivity contribution is 1.05. The van der Waals surface area contributed by atoms with Crippen molar-refractivity contribution in [3.05, 3.63) is 28.9 Å². The molecule has 0 N–H and O–H groups in total. The van der Waals surface area contributed by atoms with Gasteiger partial charge in [-0.2, -0.15) is 5.10 Å². The molecule has 0 bridgehead atoms. The van der Waals surface area contributed by atoms with Gasteiger partial charge >= 0.3 is 0 Å². The molecule has 11 heavy (non-hydrogen) atoms. The molecule has 0 unspecified atom stereocenters. The van der Waals surface area contributed by atoms with Crippen LogP contribution in [0.25, 0.3) is 10.9 Å². The summed E-state index contributed by atoms with van der Waals surface area (Å²) in [4.78, 5) is 0. The van der Waals surface area contributed by atoms with E-state index >= 15 is 0 Å². The third kappa shape index (κ3) is 1.06. The van der Waals surface area contributed by atoms with E-state index in [1.807, 2.05) is 18.2 Å². The van der Waals surface area contributed by atoms with Crippen LogP contribution in [0.15, 0.2) is 28.9 Å². The number of nitrogens with zero attached hydrogens (tertiary/aromatic N) is 2. The molecule has 56 valence electrons. The highest BCUT2D eigenvalue weighted by Gasteiger charge is 2.01. The monoisotopic (exact) mass is 228 g/mol. The predicted molar refractivity (Wildman–Crippen MR) is 51.8 cm³/mol. The highest BCUT2D eigenvalue weighted by atomic mass is 79.9. The maximum Gasteiger partial charge on any atom is 0.0950 e. The molecule has 2 rings (SSSR count). The zero-order valence-corrected chi connectivity index (χ0v) is 8.01. The zero-order valence-electron chi connectivity index (χ0n) is 5.53. The van der Waals surface area contributed by atoms with Crippen molar-refractivity contribution in [3.8, 4) is 0 Å². The van der Waals surface area contributed by atoms with Crippen LogP contribution in [0.1, 0.15) is 0 Å². The molecule has 4 heteroatoms. The van der Waals surface area contributed by atoms with Gasteiger partial charge in [-0.3, -0.25) is 0 Å². The van der Waals surface area contributed by atoms with E-state index in [9.17, 15) is 0 Å². The van der Waals surface area contributed by atoms with Crippen molar-refractivity contribution in [1.82, 2.24) is 9.19 Å². The van der Waals surface area contributed by atoms with Crippen molar-refractivity contribution < 1.29 is 0 Å². The third-order valence-corrected chi connectivity index (χ3v) is 2.47. The van der Waals surface area contributed by atoms with Gasteiger partial charge in [-0.25, -0.2) is 4.09 Å². The van der Waals surface area contributed by atoms with Crippen molar-refractivity contribution in [3.63, 3.8) is 0 Å². The van der Waals surface area contributed by atoms with Gasteiger partial charge in [0.05, 0.1) is 11.7 Å². The summed E-state index contributed by atoms with van der Waals surface area (Å²) in [5, 5.41) is 5.10. The first kappa shape index (κ1) is 7.18. The van der Waals surface area contributed by atoms with Crippen molar-refractivity contribution in [2.75, 3.05) is 0 Å². The van der Waals surface area contributed by atoms with Gasteiger partial charge < -0.3 is 0 Å². The van der Waals surface area contributed by atoms with Crippen molar-refractivity contribution >= 4 is 39.6 Å². The first-order valence-electron chi connectivity index (χ1n) is 3.10. The van der Waals surface area contributed by atoms with Crippen LogP contribution in [0.5, 0.6) is 0 Å². The molecule has 0 spiro atoms. The number of fused-ring (bicyclic) bond motifs is 1. The first-order valence-corrected chi connectivity index (χ1v) is 4.30. The summed E-state index contributed by atoms with van der Waals surface area (Å²) in [6.45, 7) is 0. The van der Waals surface area contributed by atoms with Crippen LogP contribution in [0.4, 0.5) is 0 Å². The average molecular weight is 229 g/mol. The number of hydrogen-bond donors (Lipinski definition) is 1. The van der Waals surface area contributed by atoms with Crippen molar-refractivity contribution in [2.24, 2.45) is 0 Å². The Kier molecular flexibility index (Phi) is 1.65. The van der Waals surface area contributed by atoms with Crippen LogP contribution in [-0.4, -0.2) is 9.19 Å². The largest absolute Gasteiger partial charge is 0.208 e. The molecule has 1 aromatic heterocycles. The minimum Gasteiger partial charge on any atom is -0.208 e. The Bertz CT molecular complexity index is 396. The normalized spacial score (nSPS) is 10.7. The van der Waals surface area contributed by atoms with E-state index in [0.717, 1.165) is 15.4 Å². The Morgan fingerprint density at radius 3 is 3.00 bits per heavy atom. The third-order valence-electron chi connectivity index (χ3n) is 1.52.